The number of esters is 1. The number of para-hydroxylation sites is 1. The fraction of sp³-hybridized carbons (Fsp3) is 0.111. The van der Waals surface area contributed by atoms with Crippen LogP contribution >= 0.6 is 12.6 Å². The van der Waals surface area contributed by atoms with Crippen LogP contribution in [0.2, 0.25) is 0 Å². The largest absolute Gasteiger partial charge is 0.478 e. The van der Waals surface area contributed by atoms with Gasteiger partial charge in [-0.1, -0.05) is 12.1 Å². The fourth-order valence-corrected chi connectivity index (χ4v) is 0.952. The summed E-state index contributed by atoms with van der Waals surface area (Å²) in [6.07, 6.45) is 0. The number of carboxylic acids is 1. The summed E-state index contributed by atoms with van der Waals surface area (Å²) in [6.45, 7) is 0. The van der Waals surface area contributed by atoms with Crippen LogP contribution < -0.4 is 4.74 Å². The summed E-state index contributed by atoms with van der Waals surface area (Å²) >= 11 is 3.71. The standard InChI is InChI=1S/C9H8O4S/c10-8(5-14)13-7-4-2-1-3-6(7)9(11)12/h1-4,14H,5H2,(H,11,12). The van der Waals surface area contributed by atoms with Crippen LogP contribution in [0, 0.1) is 0 Å². The minimum atomic E-state index is -1.13. The van der Waals surface area contributed by atoms with Crippen LogP contribution in [0.3, 0.4) is 0 Å². The molecule has 0 unspecified atom stereocenters. The zero-order valence-electron chi connectivity index (χ0n) is 7.14. The first kappa shape index (κ1) is 10.6. The number of carboxylic acid groups (broad SMARTS) is 1. The molecule has 0 atom stereocenters. The molecule has 5 heteroatoms. The zero-order chi connectivity index (χ0) is 10.6. The molecule has 1 aromatic rings. The molecule has 0 aromatic heterocycles. The summed E-state index contributed by atoms with van der Waals surface area (Å²) < 4.78 is 4.76. The molecule has 4 nitrogen and oxygen atoms in total. The molecule has 0 aliphatic heterocycles. The monoisotopic (exact) mass is 212 g/mol. The van der Waals surface area contributed by atoms with Gasteiger partial charge in [0.1, 0.15) is 11.3 Å². The molecule has 0 saturated carbocycles. The summed E-state index contributed by atoms with van der Waals surface area (Å²) in [5.41, 5.74) is -0.0392. The summed E-state index contributed by atoms with van der Waals surface area (Å²) in [5, 5.41) is 8.74. The molecule has 0 aliphatic rings. The summed E-state index contributed by atoms with van der Waals surface area (Å²) in [7, 11) is 0. The van der Waals surface area contributed by atoms with Crippen molar-refractivity contribution in [3.63, 3.8) is 0 Å². The Bertz CT molecular complexity index is 362. The number of carbonyl (C=O) groups excluding carboxylic acids is 1. The van der Waals surface area contributed by atoms with Crippen molar-refractivity contribution >= 4 is 24.6 Å². The van der Waals surface area contributed by atoms with Gasteiger partial charge < -0.3 is 9.84 Å². The van der Waals surface area contributed by atoms with E-state index in [9.17, 15) is 9.59 Å². The Kier molecular flexibility index (Phi) is 3.53. The van der Waals surface area contributed by atoms with Crippen LogP contribution in [0.4, 0.5) is 0 Å². The highest BCUT2D eigenvalue weighted by molar-refractivity contribution is 7.81. The van der Waals surface area contributed by atoms with Crippen LogP contribution in [0.5, 0.6) is 5.75 Å². The van der Waals surface area contributed by atoms with E-state index in [1.165, 1.54) is 12.1 Å². The van der Waals surface area contributed by atoms with E-state index in [-0.39, 0.29) is 17.1 Å². The van der Waals surface area contributed by atoms with E-state index in [1.54, 1.807) is 12.1 Å². The van der Waals surface area contributed by atoms with Gasteiger partial charge in [-0.2, -0.15) is 12.6 Å². The number of hydrogen-bond acceptors (Lipinski definition) is 4. The Labute approximate surface area is 85.9 Å². The minimum Gasteiger partial charge on any atom is -0.478 e. The third-order valence-corrected chi connectivity index (χ3v) is 1.73. The highest BCUT2D eigenvalue weighted by Crippen LogP contribution is 2.17. The molecule has 0 heterocycles. The maximum atomic E-state index is 10.9. The number of aromatic carboxylic acids is 1. The number of benzene rings is 1. The maximum Gasteiger partial charge on any atom is 0.339 e. The van der Waals surface area contributed by atoms with Gasteiger partial charge in [-0.05, 0) is 12.1 Å². The van der Waals surface area contributed by atoms with E-state index in [4.69, 9.17) is 9.84 Å². The Hall–Kier alpha value is -1.49. The van der Waals surface area contributed by atoms with Gasteiger partial charge in [0.2, 0.25) is 0 Å². The summed E-state index contributed by atoms with van der Waals surface area (Å²) in [5.74, 6) is -1.76. The second-order valence-electron chi connectivity index (χ2n) is 2.43. The SMILES string of the molecule is O=C(CS)Oc1ccccc1C(=O)O. The van der Waals surface area contributed by atoms with E-state index in [0.29, 0.717) is 0 Å². The van der Waals surface area contributed by atoms with Crippen LogP contribution in [-0.4, -0.2) is 22.8 Å². The second-order valence-corrected chi connectivity index (χ2v) is 2.75. The van der Waals surface area contributed by atoms with Gasteiger partial charge in [0.05, 0.1) is 5.75 Å². The molecule has 14 heavy (non-hydrogen) atoms. The molecule has 1 N–H and O–H groups in total. The number of ether oxygens (including phenoxy) is 1. The summed E-state index contributed by atoms with van der Waals surface area (Å²) in [4.78, 5) is 21.5. The number of rotatable bonds is 3. The van der Waals surface area contributed by atoms with Crippen LogP contribution in [0.15, 0.2) is 24.3 Å². The quantitative estimate of drug-likeness (QED) is 0.449. The first-order valence-corrected chi connectivity index (χ1v) is 4.42. The first-order valence-electron chi connectivity index (χ1n) is 3.79. The molecule has 1 rings (SSSR count). The normalized spacial score (nSPS) is 9.50. The molecule has 74 valence electrons. The van der Waals surface area contributed by atoms with Crippen molar-refractivity contribution < 1.29 is 19.4 Å². The van der Waals surface area contributed by atoms with Gasteiger partial charge in [-0.15, -0.1) is 0 Å². The third-order valence-electron chi connectivity index (χ3n) is 1.47. The van der Waals surface area contributed by atoms with Crippen molar-refractivity contribution in [2.24, 2.45) is 0 Å². The van der Waals surface area contributed by atoms with Gasteiger partial charge in [-0.3, -0.25) is 4.79 Å². The molecule has 0 bridgehead atoms. The van der Waals surface area contributed by atoms with E-state index in [1.807, 2.05) is 0 Å². The molecule has 0 radical (unpaired) electrons. The van der Waals surface area contributed by atoms with Crippen molar-refractivity contribution in [1.82, 2.24) is 0 Å². The Morgan fingerprint density at radius 1 is 1.36 bits per heavy atom. The topological polar surface area (TPSA) is 63.6 Å². The molecule has 0 spiro atoms. The van der Waals surface area contributed by atoms with Gasteiger partial charge in [0.25, 0.3) is 0 Å². The van der Waals surface area contributed by atoms with Gasteiger partial charge in [0, 0.05) is 0 Å². The van der Waals surface area contributed by atoms with Gasteiger partial charge >= 0.3 is 11.9 Å². The van der Waals surface area contributed by atoms with E-state index < -0.39 is 11.9 Å². The fourth-order valence-electron chi connectivity index (χ4n) is 0.887. The van der Waals surface area contributed by atoms with Crippen molar-refractivity contribution in [3.05, 3.63) is 29.8 Å². The lowest BCUT2D eigenvalue weighted by Crippen LogP contribution is -2.11. The molecule has 0 fully saturated rings. The van der Waals surface area contributed by atoms with Crippen molar-refractivity contribution in [2.75, 3.05) is 5.75 Å². The molecule has 0 aliphatic carbocycles. The smallest absolute Gasteiger partial charge is 0.339 e. The molecular formula is C9H8O4S. The van der Waals surface area contributed by atoms with Crippen molar-refractivity contribution in [3.8, 4) is 5.75 Å². The molecule has 0 amide bonds. The van der Waals surface area contributed by atoms with E-state index in [0.717, 1.165) is 0 Å². The molecular weight excluding hydrogens is 204 g/mol. The molecule has 1 aromatic carbocycles. The van der Waals surface area contributed by atoms with Gasteiger partial charge in [-0.25, -0.2) is 4.79 Å². The van der Waals surface area contributed by atoms with Crippen molar-refractivity contribution in [2.45, 2.75) is 0 Å². The van der Waals surface area contributed by atoms with E-state index >= 15 is 0 Å². The number of carbonyl (C=O) groups is 2. The average molecular weight is 212 g/mol. The Morgan fingerprint density at radius 2 is 2.00 bits per heavy atom. The lowest BCUT2D eigenvalue weighted by molar-refractivity contribution is -0.131. The van der Waals surface area contributed by atoms with E-state index in [2.05, 4.69) is 12.6 Å². The number of hydrogen-bond donors (Lipinski definition) is 2. The first-order chi connectivity index (χ1) is 6.65. The Morgan fingerprint density at radius 3 is 2.57 bits per heavy atom. The molecule has 0 saturated heterocycles. The maximum absolute atomic E-state index is 10.9. The average Bonchev–Trinajstić information content (AvgIpc) is 2.18. The number of thiol groups is 1. The van der Waals surface area contributed by atoms with Gasteiger partial charge in [0.15, 0.2) is 0 Å². The summed E-state index contributed by atoms with van der Waals surface area (Å²) in [6, 6.07) is 5.93. The lowest BCUT2D eigenvalue weighted by Gasteiger charge is -2.04. The zero-order valence-corrected chi connectivity index (χ0v) is 8.03. The minimum absolute atomic E-state index is 0.0392. The van der Waals surface area contributed by atoms with Crippen LogP contribution in [-0.2, 0) is 4.79 Å². The van der Waals surface area contributed by atoms with Crippen LogP contribution in [0.1, 0.15) is 10.4 Å². The third kappa shape index (κ3) is 2.50. The Balaban J connectivity index is 2.95. The predicted octanol–water partition coefficient (Wildman–Crippen LogP) is 1.22. The lowest BCUT2D eigenvalue weighted by atomic mass is 10.2. The highest BCUT2D eigenvalue weighted by atomic mass is 32.1. The second kappa shape index (κ2) is 4.66. The van der Waals surface area contributed by atoms with Crippen LogP contribution in [0.25, 0.3) is 0 Å². The predicted molar refractivity (Wildman–Crippen MR) is 52.9 cm³/mol. The highest BCUT2D eigenvalue weighted by Gasteiger charge is 2.12. The van der Waals surface area contributed by atoms with Crippen molar-refractivity contribution in [1.29, 1.82) is 0 Å².